The summed E-state index contributed by atoms with van der Waals surface area (Å²) >= 11 is 5.88. The fourth-order valence-corrected chi connectivity index (χ4v) is 3.25. The minimum atomic E-state index is -3.54. The molecular formula is C14H15ClN2O2S. The van der Waals surface area contributed by atoms with Crippen LogP contribution in [0.1, 0.15) is 11.1 Å². The van der Waals surface area contributed by atoms with E-state index in [1.165, 1.54) is 0 Å². The number of sulfonamides is 1. The van der Waals surface area contributed by atoms with Gasteiger partial charge in [-0.25, -0.2) is 8.42 Å². The zero-order valence-electron chi connectivity index (χ0n) is 10.9. The monoisotopic (exact) mass is 310 g/mol. The van der Waals surface area contributed by atoms with E-state index in [1.54, 1.807) is 42.5 Å². The Labute approximate surface area is 123 Å². The van der Waals surface area contributed by atoms with Crippen molar-refractivity contribution in [1.29, 1.82) is 0 Å². The normalized spacial score (nSPS) is 11.3. The van der Waals surface area contributed by atoms with Crippen LogP contribution < -0.4 is 10.5 Å². The van der Waals surface area contributed by atoms with Gasteiger partial charge in [0.05, 0.1) is 11.4 Å². The number of rotatable bonds is 4. The van der Waals surface area contributed by atoms with Gasteiger partial charge >= 0.3 is 0 Å². The number of hydrogen-bond donors (Lipinski definition) is 2. The smallest absolute Gasteiger partial charge is 0.237 e. The van der Waals surface area contributed by atoms with Gasteiger partial charge < -0.3 is 5.73 Å². The van der Waals surface area contributed by atoms with E-state index in [0.29, 0.717) is 22.0 Å². The Kier molecular flexibility index (Phi) is 4.20. The van der Waals surface area contributed by atoms with Crippen LogP contribution in [0.2, 0.25) is 5.02 Å². The molecule has 0 aliphatic carbocycles. The zero-order valence-corrected chi connectivity index (χ0v) is 12.5. The lowest BCUT2D eigenvalue weighted by Gasteiger charge is -2.12. The lowest BCUT2D eigenvalue weighted by molar-refractivity contribution is 0.600. The lowest BCUT2D eigenvalue weighted by atomic mass is 10.2. The summed E-state index contributed by atoms with van der Waals surface area (Å²) in [6.07, 6.45) is 0. The Bertz CT molecular complexity index is 730. The minimum Gasteiger partial charge on any atom is -0.398 e. The molecule has 0 atom stereocenters. The van der Waals surface area contributed by atoms with Crippen molar-refractivity contribution in [2.45, 2.75) is 12.7 Å². The largest absolute Gasteiger partial charge is 0.398 e. The molecule has 0 saturated heterocycles. The second kappa shape index (κ2) is 5.73. The number of nitrogens with one attached hydrogen (secondary N) is 1. The molecule has 2 aromatic rings. The molecule has 2 rings (SSSR count). The van der Waals surface area contributed by atoms with Crippen molar-refractivity contribution in [1.82, 2.24) is 0 Å². The predicted molar refractivity (Wildman–Crippen MR) is 83.3 cm³/mol. The summed E-state index contributed by atoms with van der Waals surface area (Å²) in [7, 11) is -3.54. The van der Waals surface area contributed by atoms with Crippen LogP contribution in [0.25, 0.3) is 0 Å². The van der Waals surface area contributed by atoms with Crippen LogP contribution in [0.15, 0.2) is 42.5 Å². The van der Waals surface area contributed by atoms with Crippen molar-refractivity contribution in [2.24, 2.45) is 0 Å². The van der Waals surface area contributed by atoms with Crippen LogP contribution in [0.4, 0.5) is 11.4 Å². The summed E-state index contributed by atoms with van der Waals surface area (Å²) < 4.78 is 26.9. The van der Waals surface area contributed by atoms with Crippen molar-refractivity contribution in [2.75, 3.05) is 10.5 Å². The van der Waals surface area contributed by atoms with E-state index < -0.39 is 10.0 Å². The molecule has 6 heteroatoms. The Morgan fingerprint density at radius 3 is 2.60 bits per heavy atom. The first kappa shape index (κ1) is 14.7. The Hall–Kier alpha value is -1.72. The van der Waals surface area contributed by atoms with Crippen LogP contribution in [0.5, 0.6) is 0 Å². The Morgan fingerprint density at radius 1 is 1.20 bits per heavy atom. The average molecular weight is 311 g/mol. The second-order valence-electron chi connectivity index (χ2n) is 4.52. The summed E-state index contributed by atoms with van der Waals surface area (Å²) in [5, 5.41) is 0.479. The number of aryl methyl sites for hydroxylation is 1. The van der Waals surface area contributed by atoms with Crippen molar-refractivity contribution in [3.05, 3.63) is 58.6 Å². The highest BCUT2D eigenvalue weighted by molar-refractivity contribution is 7.91. The molecule has 0 aliphatic rings. The van der Waals surface area contributed by atoms with Crippen molar-refractivity contribution in [3.8, 4) is 0 Å². The molecule has 0 amide bonds. The number of nitrogen functional groups attached to an aromatic ring is 1. The van der Waals surface area contributed by atoms with E-state index in [1.807, 2.05) is 6.92 Å². The molecule has 4 nitrogen and oxygen atoms in total. The first-order valence-electron chi connectivity index (χ1n) is 5.97. The molecule has 106 valence electrons. The molecular weight excluding hydrogens is 296 g/mol. The topological polar surface area (TPSA) is 72.2 Å². The van der Waals surface area contributed by atoms with Gasteiger partial charge in [0.2, 0.25) is 10.0 Å². The molecule has 0 aliphatic heterocycles. The van der Waals surface area contributed by atoms with Gasteiger partial charge in [-0.15, -0.1) is 0 Å². The molecule has 0 saturated carbocycles. The summed E-state index contributed by atoms with van der Waals surface area (Å²) in [6.45, 7) is 1.81. The van der Waals surface area contributed by atoms with Gasteiger partial charge in [0.1, 0.15) is 0 Å². The van der Waals surface area contributed by atoms with Gasteiger partial charge in [0.15, 0.2) is 0 Å². The first-order valence-corrected chi connectivity index (χ1v) is 8.00. The maximum atomic E-state index is 12.2. The maximum absolute atomic E-state index is 12.2. The van der Waals surface area contributed by atoms with E-state index in [9.17, 15) is 8.42 Å². The third-order valence-corrected chi connectivity index (χ3v) is 4.32. The minimum absolute atomic E-state index is 0.175. The van der Waals surface area contributed by atoms with Gasteiger partial charge in [0.25, 0.3) is 0 Å². The maximum Gasteiger partial charge on any atom is 0.237 e. The van der Waals surface area contributed by atoms with Crippen molar-refractivity contribution < 1.29 is 8.42 Å². The standard InChI is InChI=1S/C14H15ClN2O2S/c1-10-6-7-12(15)8-14(10)17-20(18,19)9-11-4-2-3-5-13(11)16/h2-8,17H,9,16H2,1H3. The fourth-order valence-electron chi connectivity index (χ4n) is 1.78. The van der Waals surface area contributed by atoms with Crippen molar-refractivity contribution in [3.63, 3.8) is 0 Å². The number of para-hydroxylation sites is 1. The highest BCUT2D eigenvalue weighted by Crippen LogP contribution is 2.23. The van der Waals surface area contributed by atoms with Crippen LogP contribution in [-0.2, 0) is 15.8 Å². The van der Waals surface area contributed by atoms with Gasteiger partial charge in [0, 0.05) is 10.7 Å². The summed E-state index contributed by atoms with van der Waals surface area (Å²) in [6, 6.07) is 11.9. The van der Waals surface area contributed by atoms with E-state index in [4.69, 9.17) is 17.3 Å². The van der Waals surface area contributed by atoms with Gasteiger partial charge in [-0.2, -0.15) is 0 Å². The molecule has 0 unspecified atom stereocenters. The number of benzene rings is 2. The molecule has 0 radical (unpaired) electrons. The van der Waals surface area contributed by atoms with Crippen LogP contribution in [0.3, 0.4) is 0 Å². The third kappa shape index (κ3) is 3.65. The highest BCUT2D eigenvalue weighted by Gasteiger charge is 2.14. The van der Waals surface area contributed by atoms with E-state index >= 15 is 0 Å². The van der Waals surface area contributed by atoms with Crippen LogP contribution in [0, 0.1) is 6.92 Å². The molecule has 0 spiro atoms. The Morgan fingerprint density at radius 2 is 1.90 bits per heavy atom. The lowest BCUT2D eigenvalue weighted by Crippen LogP contribution is -2.16. The quantitative estimate of drug-likeness (QED) is 0.852. The number of hydrogen-bond acceptors (Lipinski definition) is 3. The molecule has 20 heavy (non-hydrogen) atoms. The Balaban J connectivity index is 2.24. The van der Waals surface area contributed by atoms with E-state index in [0.717, 1.165) is 5.56 Å². The number of anilines is 2. The SMILES string of the molecule is Cc1ccc(Cl)cc1NS(=O)(=O)Cc1ccccc1N. The predicted octanol–water partition coefficient (Wildman–Crippen LogP) is 3.17. The summed E-state index contributed by atoms with van der Waals surface area (Å²) in [5.74, 6) is -0.175. The molecule has 2 aromatic carbocycles. The van der Waals surface area contributed by atoms with Gasteiger partial charge in [-0.05, 0) is 36.2 Å². The van der Waals surface area contributed by atoms with Gasteiger partial charge in [-0.1, -0.05) is 35.9 Å². The van der Waals surface area contributed by atoms with E-state index in [-0.39, 0.29) is 5.75 Å². The highest BCUT2D eigenvalue weighted by atomic mass is 35.5. The second-order valence-corrected chi connectivity index (χ2v) is 6.68. The van der Waals surface area contributed by atoms with Crippen LogP contribution in [-0.4, -0.2) is 8.42 Å². The first-order chi connectivity index (χ1) is 9.37. The molecule has 0 fully saturated rings. The zero-order chi connectivity index (χ0) is 14.8. The van der Waals surface area contributed by atoms with Crippen LogP contribution >= 0.6 is 11.6 Å². The number of halogens is 1. The van der Waals surface area contributed by atoms with Gasteiger partial charge in [-0.3, -0.25) is 4.72 Å². The van der Waals surface area contributed by atoms with E-state index in [2.05, 4.69) is 4.72 Å². The summed E-state index contributed by atoms with van der Waals surface area (Å²) in [4.78, 5) is 0. The van der Waals surface area contributed by atoms with Crippen molar-refractivity contribution >= 4 is 33.0 Å². The molecule has 0 heterocycles. The summed E-state index contributed by atoms with van der Waals surface area (Å²) in [5.41, 5.74) is 8.07. The fraction of sp³-hybridized carbons (Fsp3) is 0.143. The molecule has 0 bridgehead atoms. The average Bonchev–Trinajstić information content (AvgIpc) is 2.36. The third-order valence-electron chi connectivity index (χ3n) is 2.87. The molecule has 0 aromatic heterocycles. The number of nitrogens with two attached hydrogens (primary N) is 1. The molecule has 3 N–H and O–H groups in total.